The second-order valence-corrected chi connectivity index (χ2v) is 6.37. The van der Waals surface area contributed by atoms with Crippen molar-refractivity contribution in [2.45, 2.75) is 71.9 Å². The van der Waals surface area contributed by atoms with Crippen LogP contribution in [-0.2, 0) is 0 Å². The molecule has 2 nitrogen and oxygen atoms in total. The van der Waals surface area contributed by atoms with Crippen molar-refractivity contribution in [2.24, 2.45) is 17.6 Å². The van der Waals surface area contributed by atoms with Gasteiger partial charge in [0.05, 0.1) is 0 Å². The van der Waals surface area contributed by atoms with Gasteiger partial charge in [0.2, 0.25) is 0 Å². The lowest BCUT2D eigenvalue weighted by atomic mass is 9.73. The van der Waals surface area contributed by atoms with Crippen molar-refractivity contribution in [1.29, 1.82) is 0 Å². The molecular weight excluding hydrogens is 208 g/mol. The maximum absolute atomic E-state index is 6.58. The summed E-state index contributed by atoms with van der Waals surface area (Å²) in [6.45, 7) is 13.7. The van der Waals surface area contributed by atoms with Crippen molar-refractivity contribution in [3.05, 3.63) is 0 Å². The first-order valence-corrected chi connectivity index (χ1v) is 7.44. The third-order valence-electron chi connectivity index (χ3n) is 4.96. The van der Waals surface area contributed by atoms with Crippen molar-refractivity contribution in [3.63, 3.8) is 0 Å². The van der Waals surface area contributed by atoms with Gasteiger partial charge >= 0.3 is 0 Å². The van der Waals surface area contributed by atoms with Crippen molar-refractivity contribution in [3.8, 4) is 0 Å². The van der Waals surface area contributed by atoms with Crippen LogP contribution in [0.5, 0.6) is 0 Å². The summed E-state index contributed by atoms with van der Waals surface area (Å²) in [5.41, 5.74) is 6.72. The van der Waals surface area contributed by atoms with Gasteiger partial charge in [0, 0.05) is 11.6 Å². The minimum Gasteiger partial charge on any atom is -0.326 e. The summed E-state index contributed by atoms with van der Waals surface area (Å²) in [4.78, 5) is 2.51. The Morgan fingerprint density at radius 1 is 1.12 bits per heavy atom. The molecule has 1 aliphatic rings. The summed E-state index contributed by atoms with van der Waals surface area (Å²) < 4.78 is 0. The fourth-order valence-electron chi connectivity index (χ4n) is 3.47. The highest BCUT2D eigenvalue weighted by Gasteiger charge is 2.37. The number of nitrogens with zero attached hydrogens (tertiary/aromatic N) is 1. The highest BCUT2D eigenvalue weighted by Crippen LogP contribution is 2.34. The molecule has 1 atom stereocenters. The van der Waals surface area contributed by atoms with Gasteiger partial charge in [-0.25, -0.2) is 0 Å². The number of likely N-dealkylation sites (N-methyl/N-ethyl adjacent to an activating group) is 1. The minimum atomic E-state index is 0.134. The molecule has 0 saturated heterocycles. The molecule has 2 heteroatoms. The van der Waals surface area contributed by atoms with Gasteiger partial charge in [-0.2, -0.15) is 0 Å². The molecule has 0 aliphatic heterocycles. The lowest BCUT2D eigenvalue weighted by Crippen LogP contribution is -2.59. The van der Waals surface area contributed by atoms with Crippen LogP contribution in [0.1, 0.15) is 60.3 Å². The van der Waals surface area contributed by atoms with Gasteiger partial charge in [-0.1, -0.05) is 33.6 Å². The highest BCUT2D eigenvalue weighted by atomic mass is 15.2. The molecule has 17 heavy (non-hydrogen) atoms. The van der Waals surface area contributed by atoms with Crippen LogP contribution < -0.4 is 5.73 Å². The maximum atomic E-state index is 6.58. The standard InChI is InChI=1S/C15H32N2/c1-6-17(7-2)15(4,5)14(16)13-10-8-12(3)9-11-13/h12-14H,6-11,16H2,1-5H3. The highest BCUT2D eigenvalue weighted by molar-refractivity contribution is 4.95. The summed E-state index contributed by atoms with van der Waals surface area (Å²) in [7, 11) is 0. The average Bonchev–Trinajstić information content (AvgIpc) is 2.30. The van der Waals surface area contributed by atoms with E-state index in [2.05, 4.69) is 39.5 Å². The van der Waals surface area contributed by atoms with Crippen LogP contribution in [-0.4, -0.2) is 29.6 Å². The number of rotatable bonds is 5. The molecule has 0 heterocycles. The molecule has 0 aromatic heterocycles. The zero-order chi connectivity index (χ0) is 13.1. The van der Waals surface area contributed by atoms with E-state index in [1.54, 1.807) is 0 Å². The van der Waals surface area contributed by atoms with Crippen LogP contribution in [0.4, 0.5) is 0 Å². The molecule has 0 spiro atoms. The molecule has 0 aromatic rings. The van der Waals surface area contributed by atoms with Crippen LogP contribution in [0, 0.1) is 11.8 Å². The zero-order valence-electron chi connectivity index (χ0n) is 12.5. The predicted octanol–water partition coefficient (Wildman–Crippen LogP) is 3.26. The quantitative estimate of drug-likeness (QED) is 0.799. The molecular formula is C15H32N2. The van der Waals surface area contributed by atoms with Gasteiger partial charge in [0.1, 0.15) is 0 Å². The molecule has 0 aromatic carbocycles. The van der Waals surface area contributed by atoms with Crippen molar-refractivity contribution < 1.29 is 0 Å². The molecule has 2 N–H and O–H groups in total. The monoisotopic (exact) mass is 240 g/mol. The number of nitrogens with two attached hydrogens (primary N) is 1. The fraction of sp³-hybridized carbons (Fsp3) is 1.00. The first-order chi connectivity index (χ1) is 7.93. The molecule has 1 fully saturated rings. The van der Waals surface area contributed by atoms with Crippen molar-refractivity contribution >= 4 is 0 Å². The fourth-order valence-corrected chi connectivity index (χ4v) is 3.47. The summed E-state index contributed by atoms with van der Waals surface area (Å²) in [6.07, 6.45) is 5.39. The topological polar surface area (TPSA) is 29.3 Å². The molecule has 1 aliphatic carbocycles. The Kier molecular flexibility index (Phi) is 5.46. The summed E-state index contributed by atoms with van der Waals surface area (Å²) in [6, 6.07) is 0.315. The number of hydrogen-bond acceptors (Lipinski definition) is 2. The third kappa shape index (κ3) is 3.45. The lowest BCUT2D eigenvalue weighted by molar-refractivity contribution is 0.0682. The van der Waals surface area contributed by atoms with Crippen molar-refractivity contribution in [1.82, 2.24) is 4.90 Å². The van der Waals surface area contributed by atoms with Crippen LogP contribution in [0.25, 0.3) is 0 Å². The largest absolute Gasteiger partial charge is 0.326 e. The van der Waals surface area contributed by atoms with Crippen LogP contribution in [0.2, 0.25) is 0 Å². The molecule has 1 saturated carbocycles. The molecule has 1 rings (SSSR count). The molecule has 0 radical (unpaired) electrons. The first kappa shape index (κ1) is 15.0. The SMILES string of the molecule is CCN(CC)C(C)(C)C(N)C1CCC(C)CC1. The Hall–Kier alpha value is -0.0800. The van der Waals surface area contributed by atoms with Crippen LogP contribution in [0.3, 0.4) is 0 Å². The summed E-state index contributed by atoms with van der Waals surface area (Å²) in [5.74, 6) is 1.64. The first-order valence-electron chi connectivity index (χ1n) is 7.44. The van der Waals surface area contributed by atoms with Gasteiger partial charge < -0.3 is 5.73 Å². The zero-order valence-corrected chi connectivity index (χ0v) is 12.5. The van der Waals surface area contributed by atoms with E-state index < -0.39 is 0 Å². The van der Waals surface area contributed by atoms with E-state index in [9.17, 15) is 0 Å². The van der Waals surface area contributed by atoms with Gasteiger partial charge in [-0.05, 0) is 51.6 Å². The maximum Gasteiger partial charge on any atom is 0.0306 e. The Morgan fingerprint density at radius 3 is 2.00 bits per heavy atom. The van der Waals surface area contributed by atoms with Gasteiger partial charge in [0.25, 0.3) is 0 Å². The average molecular weight is 240 g/mol. The van der Waals surface area contributed by atoms with Crippen LogP contribution >= 0.6 is 0 Å². The van der Waals surface area contributed by atoms with E-state index in [4.69, 9.17) is 5.73 Å². The third-order valence-corrected chi connectivity index (χ3v) is 4.96. The van der Waals surface area contributed by atoms with E-state index in [-0.39, 0.29) is 5.54 Å². The Bertz CT molecular complexity index is 213. The van der Waals surface area contributed by atoms with E-state index in [1.165, 1.54) is 25.7 Å². The Labute approximate surface area is 108 Å². The Morgan fingerprint density at radius 2 is 1.59 bits per heavy atom. The Balaban J connectivity index is 2.63. The van der Waals surface area contributed by atoms with E-state index in [1.807, 2.05) is 0 Å². The van der Waals surface area contributed by atoms with E-state index in [0.717, 1.165) is 24.9 Å². The molecule has 0 amide bonds. The minimum absolute atomic E-state index is 0.134. The van der Waals surface area contributed by atoms with Gasteiger partial charge in [0.15, 0.2) is 0 Å². The van der Waals surface area contributed by atoms with Crippen LogP contribution in [0.15, 0.2) is 0 Å². The smallest absolute Gasteiger partial charge is 0.0306 e. The predicted molar refractivity (Wildman–Crippen MR) is 76.1 cm³/mol. The lowest BCUT2D eigenvalue weighted by Gasteiger charge is -2.46. The molecule has 0 bridgehead atoms. The van der Waals surface area contributed by atoms with E-state index >= 15 is 0 Å². The second kappa shape index (κ2) is 6.19. The second-order valence-electron chi connectivity index (χ2n) is 6.37. The summed E-state index contributed by atoms with van der Waals surface area (Å²) in [5, 5.41) is 0. The van der Waals surface area contributed by atoms with Crippen molar-refractivity contribution in [2.75, 3.05) is 13.1 Å². The normalized spacial score (nSPS) is 28.4. The van der Waals surface area contributed by atoms with E-state index in [0.29, 0.717) is 6.04 Å². The molecule has 1 unspecified atom stereocenters. The molecule has 102 valence electrons. The summed E-state index contributed by atoms with van der Waals surface area (Å²) >= 11 is 0. The van der Waals surface area contributed by atoms with Gasteiger partial charge in [-0.15, -0.1) is 0 Å². The van der Waals surface area contributed by atoms with Gasteiger partial charge in [-0.3, -0.25) is 4.90 Å². The number of hydrogen-bond donors (Lipinski definition) is 1.